The lowest BCUT2D eigenvalue weighted by Crippen LogP contribution is -2.36. The van der Waals surface area contributed by atoms with E-state index in [2.05, 4.69) is 21.2 Å². The van der Waals surface area contributed by atoms with Crippen molar-refractivity contribution in [2.45, 2.75) is 44.4 Å². The van der Waals surface area contributed by atoms with E-state index in [-0.39, 0.29) is 18.9 Å². The van der Waals surface area contributed by atoms with Crippen molar-refractivity contribution >= 4 is 15.9 Å². The maximum Gasteiger partial charge on any atom is 0.391 e. The van der Waals surface area contributed by atoms with Crippen LogP contribution in [0.15, 0.2) is 28.7 Å². The summed E-state index contributed by atoms with van der Waals surface area (Å²) in [7, 11) is 0. The minimum absolute atomic E-state index is 0.210. The molecule has 1 aromatic rings. The molecule has 1 fully saturated rings. The summed E-state index contributed by atoms with van der Waals surface area (Å²) in [6, 6.07) is 8.17. The van der Waals surface area contributed by atoms with Gasteiger partial charge >= 0.3 is 6.18 Å². The summed E-state index contributed by atoms with van der Waals surface area (Å²) < 4.78 is 38.6. The third-order valence-electron chi connectivity index (χ3n) is 3.70. The van der Waals surface area contributed by atoms with E-state index in [4.69, 9.17) is 0 Å². The van der Waals surface area contributed by atoms with Gasteiger partial charge in [-0.05, 0) is 43.4 Å². The van der Waals surface area contributed by atoms with Gasteiger partial charge in [0.1, 0.15) is 0 Å². The van der Waals surface area contributed by atoms with Crippen molar-refractivity contribution in [1.82, 2.24) is 5.32 Å². The fraction of sp³-hybridized carbons (Fsp3) is 0.571. The van der Waals surface area contributed by atoms with Gasteiger partial charge in [0.25, 0.3) is 0 Å². The Morgan fingerprint density at radius 2 is 1.63 bits per heavy atom. The second kappa shape index (κ2) is 6.27. The Kier molecular flexibility index (Phi) is 4.90. The molecule has 0 spiro atoms. The molecule has 5 heteroatoms. The number of benzene rings is 1. The molecule has 106 valence electrons. The number of rotatable bonds is 3. The van der Waals surface area contributed by atoms with Gasteiger partial charge in [-0.25, -0.2) is 0 Å². The first-order valence-corrected chi connectivity index (χ1v) is 7.29. The van der Waals surface area contributed by atoms with Crippen LogP contribution in [0.5, 0.6) is 0 Å². The smallest absolute Gasteiger partial charge is 0.310 e. The van der Waals surface area contributed by atoms with Crippen LogP contribution in [0.25, 0.3) is 0 Å². The maximum atomic E-state index is 12.5. The predicted molar refractivity (Wildman–Crippen MR) is 72.8 cm³/mol. The molecule has 0 heterocycles. The van der Waals surface area contributed by atoms with Crippen molar-refractivity contribution in [2.75, 3.05) is 0 Å². The largest absolute Gasteiger partial charge is 0.391 e. The van der Waals surface area contributed by atoms with Crippen molar-refractivity contribution in [2.24, 2.45) is 5.92 Å². The summed E-state index contributed by atoms with van der Waals surface area (Å²) >= 11 is 3.37. The summed E-state index contributed by atoms with van der Waals surface area (Å²) in [6.45, 7) is 0.717. The van der Waals surface area contributed by atoms with E-state index in [0.717, 1.165) is 10.0 Å². The zero-order valence-electron chi connectivity index (χ0n) is 10.5. The Labute approximate surface area is 119 Å². The Bertz CT molecular complexity index is 394. The predicted octanol–water partition coefficient (Wildman–Crippen LogP) is 4.66. The van der Waals surface area contributed by atoms with Crippen LogP contribution in [0.4, 0.5) is 13.2 Å². The first-order chi connectivity index (χ1) is 8.95. The zero-order chi connectivity index (χ0) is 13.9. The fourth-order valence-corrected chi connectivity index (χ4v) is 2.75. The number of hydrogen-bond acceptors (Lipinski definition) is 1. The molecule has 0 radical (unpaired) electrons. The summed E-state index contributed by atoms with van der Waals surface area (Å²) in [6.07, 6.45) is -2.29. The quantitative estimate of drug-likeness (QED) is 0.847. The molecular weight excluding hydrogens is 319 g/mol. The third-order valence-corrected chi connectivity index (χ3v) is 4.23. The van der Waals surface area contributed by atoms with E-state index >= 15 is 0 Å². The van der Waals surface area contributed by atoms with Crippen LogP contribution in [0.1, 0.15) is 31.2 Å². The first kappa shape index (κ1) is 14.9. The molecular formula is C14H17BrF3N. The van der Waals surface area contributed by atoms with E-state index in [1.54, 1.807) is 0 Å². The molecule has 2 rings (SSSR count). The summed E-state index contributed by atoms with van der Waals surface area (Å²) in [4.78, 5) is 0. The number of hydrogen-bond donors (Lipinski definition) is 1. The molecule has 1 aliphatic rings. The summed E-state index contributed by atoms with van der Waals surface area (Å²) in [5.41, 5.74) is 1.15. The van der Waals surface area contributed by atoms with Gasteiger partial charge in [0.15, 0.2) is 0 Å². The molecule has 1 N–H and O–H groups in total. The first-order valence-electron chi connectivity index (χ1n) is 6.49. The van der Waals surface area contributed by atoms with Crippen LogP contribution in [0, 0.1) is 5.92 Å². The van der Waals surface area contributed by atoms with Gasteiger partial charge in [-0.15, -0.1) is 0 Å². The van der Waals surface area contributed by atoms with E-state index in [1.165, 1.54) is 0 Å². The van der Waals surface area contributed by atoms with Crippen molar-refractivity contribution < 1.29 is 13.2 Å². The van der Waals surface area contributed by atoms with E-state index in [9.17, 15) is 13.2 Å². The van der Waals surface area contributed by atoms with Crippen molar-refractivity contribution in [3.8, 4) is 0 Å². The number of alkyl halides is 3. The Hall–Kier alpha value is -0.550. The van der Waals surface area contributed by atoms with Crippen LogP contribution >= 0.6 is 15.9 Å². The molecule has 0 saturated heterocycles. The molecule has 1 aliphatic carbocycles. The number of nitrogens with one attached hydrogen (secondary N) is 1. The zero-order valence-corrected chi connectivity index (χ0v) is 12.1. The minimum atomic E-state index is -4.02. The average molecular weight is 336 g/mol. The lowest BCUT2D eigenvalue weighted by atomic mass is 9.85. The van der Waals surface area contributed by atoms with Crippen molar-refractivity contribution in [3.63, 3.8) is 0 Å². The molecule has 19 heavy (non-hydrogen) atoms. The SMILES string of the molecule is FC(F)(F)C1CCC(NCc2ccc(Br)cc2)CC1. The Morgan fingerprint density at radius 1 is 1.05 bits per heavy atom. The van der Waals surface area contributed by atoms with Crippen molar-refractivity contribution in [1.29, 1.82) is 0 Å². The Balaban J connectivity index is 1.75. The van der Waals surface area contributed by atoms with E-state index in [1.807, 2.05) is 24.3 Å². The highest BCUT2D eigenvalue weighted by Gasteiger charge is 2.41. The molecule has 0 aliphatic heterocycles. The molecule has 1 nitrogen and oxygen atoms in total. The van der Waals surface area contributed by atoms with E-state index in [0.29, 0.717) is 19.4 Å². The lowest BCUT2D eigenvalue weighted by Gasteiger charge is -2.30. The number of halogens is 4. The van der Waals surface area contributed by atoms with Gasteiger partial charge in [0.05, 0.1) is 5.92 Å². The van der Waals surface area contributed by atoms with Crippen LogP contribution in [-0.4, -0.2) is 12.2 Å². The minimum Gasteiger partial charge on any atom is -0.310 e. The van der Waals surface area contributed by atoms with Gasteiger partial charge in [0.2, 0.25) is 0 Å². The summed E-state index contributed by atoms with van der Waals surface area (Å²) in [5.74, 6) is -1.10. The molecule has 0 aromatic heterocycles. The molecule has 1 aromatic carbocycles. The van der Waals surface area contributed by atoms with Gasteiger partial charge in [-0.2, -0.15) is 13.2 Å². The fourth-order valence-electron chi connectivity index (χ4n) is 2.49. The van der Waals surface area contributed by atoms with Gasteiger partial charge in [0, 0.05) is 17.1 Å². The normalized spacial score (nSPS) is 24.4. The highest BCUT2D eigenvalue weighted by molar-refractivity contribution is 9.10. The third kappa shape index (κ3) is 4.49. The van der Waals surface area contributed by atoms with Crippen LogP contribution in [0.3, 0.4) is 0 Å². The molecule has 0 bridgehead atoms. The van der Waals surface area contributed by atoms with E-state index < -0.39 is 12.1 Å². The average Bonchev–Trinajstić information content (AvgIpc) is 2.37. The molecule has 0 unspecified atom stereocenters. The van der Waals surface area contributed by atoms with Gasteiger partial charge in [-0.1, -0.05) is 28.1 Å². The summed E-state index contributed by atoms with van der Waals surface area (Å²) in [5, 5.41) is 3.35. The van der Waals surface area contributed by atoms with Crippen LogP contribution < -0.4 is 5.32 Å². The monoisotopic (exact) mass is 335 g/mol. The maximum absolute atomic E-state index is 12.5. The Morgan fingerprint density at radius 3 is 2.16 bits per heavy atom. The van der Waals surface area contributed by atoms with Gasteiger partial charge < -0.3 is 5.32 Å². The lowest BCUT2D eigenvalue weighted by molar-refractivity contribution is -0.182. The standard InChI is InChI=1S/C14H17BrF3N/c15-12-5-1-10(2-6-12)9-19-13-7-3-11(4-8-13)14(16,17)18/h1-2,5-6,11,13,19H,3-4,7-9H2. The topological polar surface area (TPSA) is 12.0 Å². The molecule has 0 atom stereocenters. The highest BCUT2D eigenvalue weighted by Crippen LogP contribution is 2.37. The second-order valence-electron chi connectivity index (χ2n) is 5.10. The van der Waals surface area contributed by atoms with Crippen molar-refractivity contribution in [3.05, 3.63) is 34.3 Å². The van der Waals surface area contributed by atoms with Gasteiger partial charge in [-0.3, -0.25) is 0 Å². The van der Waals surface area contributed by atoms with Crippen LogP contribution in [-0.2, 0) is 6.54 Å². The molecule has 1 saturated carbocycles. The highest BCUT2D eigenvalue weighted by atomic mass is 79.9. The second-order valence-corrected chi connectivity index (χ2v) is 6.01. The van der Waals surface area contributed by atoms with Crippen LogP contribution in [0.2, 0.25) is 0 Å². The molecule has 0 amide bonds.